The lowest BCUT2D eigenvalue weighted by atomic mass is 10.0. The smallest absolute Gasteiger partial charge is 0.275 e. The summed E-state index contributed by atoms with van der Waals surface area (Å²) in [7, 11) is 1.73. The van der Waals surface area contributed by atoms with E-state index in [4.69, 9.17) is 0 Å². The van der Waals surface area contributed by atoms with Gasteiger partial charge in [0.15, 0.2) is 5.13 Å². The molecule has 1 N–H and O–H groups in total. The third kappa shape index (κ3) is 3.27. The summed E-state index contributed by atoms with van der Waals surface area (Å²) in [6, 6.07) is 20.2. The van der Waals surface area contributed by atoms with Crippen molar-refractivity contribution in [2.45, 2.75) is 0 Å². The molecule has 0 bridgehead atoms. The van der Waals surface area contributed by atoms with E-state index in [9.17, 15) is 4.79 Å². The molecule has 128 valence electrons. The fourth-order valence-corrected chi connectivity index (χ4v) is 3.40. The number of nitrogens with one attached hydrogen (secondary N) is 1. The van der Waals surface area contributed by atoms with Gasteiger partial charge in [-0.1, -0.05) is 54.6 Å². The summed E-state index contributed by atoms with van der Waals surface area (Å²) in [6.45, 7) is 0. The number of carbonyl (C=O) groups is 1. The molecular formula is C20H16N4OS. The number of aromatic nitrogens is 3. The largest absolute Gasteiger partial charge is 0.296 e. The molecule has 0 saturated heterocycles. The molecule has 2 aromatic heterocycles. The van der Waals surface area contributed by atoms with Crippen molar-refractivity contribution >= 4 is 22.4 Å². The quantitative estimate of drug-likeness (QED) is 0.584. The fraction of sp³-hybridized carbons (Fsp3) is 0.0500. The number of rotatable bonds is 4. The van der Waals surface area contributed by atoms with Crippen molar-refractivity contribution in [3.63, 3.8) is 0 Å². The van der Waals surface area contributed by atoms with Crippen LogP contribution in [-0.2, 0) is 7.05 Å². The second-order valence-corrected chi connectivity index (χ2v) is 6.63. The number of aryl methyl sites for hydroxylation is 1. The molecule has 26 heavy (non-hydrogen) atoms. The van der Waals surface area contributed by atoms with Gasteiger partial charge in [0, 0.05) is 24.2 Å². The Morgan fingerprint density at radius 1 is 0.962 bits per heavy atom. The lowest BCUT2D eigenvalue weighted by Crippen LogP contribution is -2.15. The maximum Gasteiger partial charge on any atom is 0.275 e. The Balaban J connectivity index is 1.51. The highest BCUT2D eigenvalue weighted by atomic mass is 32.1. The molecule has 1 amide bonds. The molecule has 2 aromatic carbocycles. The van der Waals surface area contributed by atoms with Crippen LogP contribution in [-0.4, -0.2) is 20.7 Å². The van der Waals surface area contributed by atoms with E-state index in [1.54, 1.807) is 19.3 Å². The lowest BCUT2D eigenvalue weighted by molar-refractivity contribution is 0.101. The van der Waals surface area contributed by atoms with Crippen LogP contribution in [0.1, 0.15) is 10.5 Å². The molecule has 5 nitrogen and oxygen atoms in total. The second kappa shape index (κ2) is 6.93. The van der Waals surface area contributed by atoms with Gasteiger partial charge in [0.2, 0.25) is 0 Å². The van der Waals surface area contributed by atoms with Crippen LogP contribution >= 0.6 is 11.3 Å². The molecule has 0 unspecified atom stereocenters. The summed E-state index contributed by atoms with van der Waals surface area (Å²) < 4.78 is 1.53. The van der Waals surface area contributed by atoms with E-state index >= 15 is 0 Å². The molecule has 0 aliphatic carbocycles. The summed E-state index contributed by atoms with van der Waals surface area (Å²) in [4.78, 5) is 16.8. The van der Waals surface area contributed by atoms with Crippen LogP contribution in [0.2, 0.25) is 0 Å². The number of benzene rings is 2. The van der Waals surface area contributed by atoms with Crippen LogP contribution in [0.25, 0.3) is 22.4 Å². The molecule has 0 fully saturated rings. The van der Waals surface area contributed by atoms with Crippen LogP contribution in [0.4, 0.5) is 5.13 Å². The van der Waals surface area contributed by atoms with Crippen molar-refractivity contribution in [1.29, 1.82) is 0 Å². The third-order valence-electron chi connectivity index (χ3n) is 4.07. The highest BCUT2D eigenvalue weighted by Crippen LogP contribution is 2.27. The minimum atomic E-state index is -0.217. The van der Waals surface area contributed by atoms with Crippen molar-refractivity contribution in [2.75, 3.05) is 5.32 Å². The van der Waals surface area contributed by atoms with Gasteiger partial charge in [-0.15, -0.1) is 11.3 Å². The van der Waals surface area contributed by atoms with Crippen molar-refractivity contribution in [3.8, 4) is 22.4 Å². The van der Waals surface area contributed by atoms with Crippen molar-refractivity contribution in [3.05, 3.63) is 77.9 Å². The van der Waals surface area contributed by atoms with Crippen molar-refractivity contribution in [2.24, 2.45) is 7.05 Å². The van der Waals surface area contributed by atoms with E-state index < -0.39 is 0 Å². The average Bonchev–Trinajstić information content (AvgIpc) is 3.31. The Labute approximate surface area is 155 Å². The van der Waals surface area contributed by atoms with Crippen molar-refractivity contribution in [1.82, 2.24) is 14.8 Å². The van der Waals surface area contributed by atoms with E-state index in [2.05, 4.69) is 39.7 Å². The van der Waals surface area contributed by atoms with Gasteiger partial charge in [-0.25, -0.2) is 4.98 Å². The van der Waals surface area contributed by atoms with Gasteiger partial charge in [-0.05, 0) is 17.2 Å². The molecular weight excluding hydrogens is 344 g/mol. The van der Waals surface area contributed by atoms with Gasteiger partial charge < -0.3 is 0 Å². The first-order chi connectivity index (χ1) is 12.7. The molecule has 0 saturated carbocycles. The van der Waals surface area contributed by atoms with Gasteiger partial charge >= 0.3 is 0 Å². The molecule has 2 heterocycles. The van der Waals surface area contributed by atoms with E-state index in [0.29, 0.717) is 10.8 Å². The number of amides is 1. The Kier molecular flexibility index (Phi) is 4.33. The topological polar surface area (TPSA) is 59.8 Å². The van der Waals surface area contributed by atoms with Crippen LogP contribution < -0.4 is 5.32 Å². The molecule has 0 radical (unpaired) electrons. The van der Waals surface area contributed by atoms with Crippen LogP contribution in [0.5, 0.6) is 0 Å². The van der Waals surface area contributed by atoms with Crippen LogP contribution in [0.3, 0.4) is 0 Å². The number of hydrogen-bond acceptors (Lipinski definition) is 4. The van der Waals surface area contributed by atoms with E-state index in [1.807, 2.05) is 35.7 Å². The fourth-order valence-electron chi connectivity index (χ4n) is 2.69. The highest BCUT2D eigenvalue weighted by Gasteiger charge is 2.12. The molecule has 0 aliphatic heterocycles. The summed E-state index contributed by atoms with van der Waals surface area (Å²) in [5.74, 6) is -0.217. The minimum absolute atomic E-state index is 0.217. The normalized spacial score (nSPS) is 10.7. The number of nitrogens with zero attached hydrogens (tertiary/aromatic N) is 3. The predicted molar refractivity (Wildman–Crippen MR) is 104 cm³/mol. The van der Waals surface area contributed by atoms with Gasteiger partial charge in [-0.3, -0.25) is 14.8 Å². The van der Waals surface area contributed by atoms with E-state index in [0.717, 1.165) is 16.8 Å². The number of carbonyl (C=O) groups excluding carboxylic acids is 1. The average molecular weight is 360 g/mol. The molecule has 0 spiro atoms. The monoisotopic (exact) mass is 360 g/mol. The van der Waals surface area contributed by atoms with Gasteiger partial charge in [-0.2, -0.15) is 5.10 Å². The summed E-state index contributed by atoms with van der Waals surface area (Å²) in [5, 5.41) is 9.33. The first-order valence-corrected chi connectivity index (χ1v) is 8.99. The van der Waals surface area contributed by atoms with Gasteiger partial charge in [0.05, 0.1) is 5.69 Å². The highest BCUT2D eigenvalue weighted by molar-refractivity contribution is 7.14. The Bertz CT molecular complexity index is 1040. The van der Waals surface area contributed by atoms with Crippen LogP contribution in [0.15, 0.2) is 72.2 Å². The number of hydrogen-bond donors (Lipinski definition) is 1. The Morgan fingerprint density at radius 2 is 1.65 bits per heavy atom. The first-order valence-electron chi connectivity index (χ1n) is 8.11. The zero-order chi connectivity index (χ0) is 17.9. The SMILES string of the molecule is Cn1nccc1C(=O)Nc1nc(-c2ccc(-c3ccccc3)cc2)cs1. The molecule has 6 heteroatoms. The van der Waals surface area contributed by atoms with Crippen LogP contribution in [0, 0.1) is 0 Å². The number of thiazole rings is 1. The first kappa shape index (κ1) is 16.2. The maximum atomic E-state index is 12.2. The predicted octanol–water partition coefficient (Wildman–Crippen LogP) is 4.46. The molecule has 0 aliphatic rings. The maximum absolute atomic E-state index is 12.2. The molecule has 4 aromatic rings. The minimum Gasteiger partial charge on any atom is -0.296 e. The Morgan fingerprint density at radius 3 is 2.35 bits per heavy atom. The summed E-state index contributed by atoms with van der Waals surface area (Å²) in [6.07, 6.45) is 1.59. The lowest BCUT2D eigenvalue weighted by Gasteiger charge is -2.03. The van der Waals surface area contributed by atoms with E-state index in [1.165, 1.54) is 21.6 Å². The number of anilines is 1. The Hall–Kier alpha value is -3.25. The van der Waals surface area contributed by atoms with Gasteiger partial charge in [0.25, 0.3) is 5.91 Å². The zero-order valence-corrected chi connectivity index (χ0v) is 14.9. The standard InChI is InChI=1S/C20H16N4OS/c1-24-18(11-12-21-24)19(25)23-20-22-17(13-26-20)16-9-7-15(8-10-16)14-5-3-2-4-6-14/h2-13H,1H3,(H,22,23,25). The molecule has 4 rings (SSSR count). The van der Waals surface area contributed by atoms with E-state index in [-0.39, 0.29) is 5.91 Å². The van der Waals surface area contributed by atoms with Gasteiger partial charge in [0.1, 0.15) is 5.69 Å². The van der Waals surface area contributed by atoms with Crippen molar-refractivity contribution < 1.29 is 4.79 Å². The second-order valence-electron chi connectivity index (χ2n) is 5.78. The summed E-state index contributed by atoms with van der Waals surface area (Å²) >= 11 is 1.40. The third-order valence-corrected chi connectivity index (χ3v) is 4.82. The zero-order valence-electron chi connectivity index (χ0n) is 14.1. The molecule has 0 atom stereocenters. The summed E-state index contributed by atoms with van der Waals surface area (Å²) in [5.41, 5.74) is 4.70.